The number of hydrogen-bond donors (Lipinski definition) is 0. The maximum atomic E-state index is 11.5. The van der Waals surface area contributed by atoms with E-state index >= 15 is 0 Å². The van der Waals surface area contributed by atoms with E-state index in [4.69, 9.17) is 24.2 Å². The number of benzene rings is 1. The summed E-state index contributed by atoms with van der Waals surface area (Å²) in [6.45, 7) is 8.12. The molecule has 7 nitrogen and oxygen atoms in total. The molecule has 0 fully saturated rings. The number of rotatable bonds is 12. The Morgan fingerprint density at radius 1 is 1.08 bits per heavy atom. The quantitative estimate of drug-likeness (QED) is 0.186. The Labute approximate surface area is 152 Å². The minimum atomic E-state index is -0.712. The molecule has 0 atom stereocenters. The topological polar surface area (TPSA) is 87.0 Å². The normalized spacial score (nSPS) is 10.2. The first kappa shape index (κ1) is 20.6. The lowest BCUT2D eigenvalue weighted by atomic mass is 10.1. The van der Waals surface area contributed by atoms with E-state index in [9.17, 15) is 4.79 Å². The summed E-state index contributed by atoms with van der Waals surface area (Å²) in [5.41, 5.74) is 0.461. The fraction of sp³-hybridized carbons (Fsp3) is 0.263. The van der Waals surface area contributed by atoms with E-state index < -0.39 is 5.97 Å². The maximum absolute atomic E-state index is 11.5. The van der Waals surface area contributed by atoms with Crippen molar-refractivity contribution in [1.29, 1.82) is 5.26 Å². The van der Waals surface area contributed by atoms with Gasteiger partial charge in [0, 0.05) is 0 Å². The molecule has 0 heterocycles. The Morgan fingerprint density at radius 2 is 1.69 bits per heavy atom. The minimum absolute atomic E-state index is 0.124. The first-order chi connectivity index (χ1) is 12.7. The van der Waals surface area contributed by atoms with E-state index in [1.54, 1.807) is 24.3 Å². The highest BCUT2D eigenvalue weighted by atomic mass is 16.5. The molecule has 1 rings (SSSR count). The van der Waals surface area contributed by atoms with Crippen LogP contribution >= 0.6 is 0 Å². The van der Waals surface area contributed by atoms with E-state index in [-0.39, 0.29) is 12.2 Å². The second kappa shape index (κ2) is 12.0. The zero-order valence-corrected chi connectivity index (χ0v) is 14.6. The van der Waals surface area contributed by atoms with Crippen LogP contribution in [0.5, 0.6) is 11.5 Å². The van der Waals surface area contributed by atoms with Crippen molar-refractivity contribution >= 4 is 12.0 Å². The third-order valence-electron chi connectivity index (χ3n) is 2.96. The molecule has 0 radical (unpaired) electrons. The Kier molecular flexibility index (Phi) is 9.55. The first-order valence-corrected chi connectivity index (χ1v) is 7.71. The molecule has 0 unspecified atom stereocenters. The van der Waals surface area contributed by atoms with Gasteiger partial charge < -0.3 is 23.7 Å². The highest BCUT2D eigenvalue weighted by molar-refractivity contribution is 5.97. The third kappa shape index (κ3) is 7.01. The van der Waals surface area contributed by atoms with Crippen LogP contribution in [0.15, 0.2) is 49.5 Å². The lowest BCUT2D eigenvalue weighted by Crippen LogP contribution is -2.08. The molecule has 1 aromatic rings. The second-order valence-corrected chi connectivity index (χ2v) is 4.64. The van der Waals surface area contributed by atoms with Gasteiger partial charge in [0.25, 0.3) is 0 Å². The van der Waals surface area contributed by atoms with Gasteiger partial charge in [-0.05, 0) is 23.8 Å². The van der Waals surface area contributed by atoms with Gasteiger partial charge in [-0.25, -0.2) is 4.79 Å². The number of ether oxygens (including phenoxy) is 5. The summed E-state index contributed by atoms with van der Waals surface area (Å²) >= 11 is 0. The van der Waals surface area contributed by atoms with Crippen molar-refractivity contribution < 1.29 is 28.5 Å². The van der Waals surface area contributed by atoms with Crippen molar-refractivity contribution in [3.8, 4) is 17.6 Å². The molecular weight excluding hydrogens is 338 g/mol. The number of carbonyl (C=O) groups excluding carboxylic acids is 1. The van der Waals surface area contributed by atoms with E-state index in [1.165, 1.54) is 25.7 Å². The molecule has 0 bridgehead atoms. The van der Waals surface area contributed by atoms with Crippen LogP contribution in [-0.2, 0) is 19.0 Å². The number of hydrogen-bond acceptors (Lipinski definition) is 7. The van der Waals surface area contributed by atoms with Crippen LogP contribution in [0.4, 0.5) is 0 Å². The lowest BCUT2D eigenvalue weighted by molar-refractivity contribution is -0.135. The summed E-state index contributed by atoms with van der Waals surface area (Å²) in [7, 11) is 1.21. The van der Waals surface area contributed by atoms with Gasteiger partial charge in [-0.15, -0.1) is 0 Å². The van der Waals surface area contributed by atoms with Gasteiger partial charge in [0.2, 0.25) is 0 Å². The smallest absolute Gasteiger partial charge is 0.348 e. The summed E-state index contributed by atoms with van der Waals surface area (Å²) in [6.07, 6.45) is 4.06. The molecule has 0 spiro atoms. The number of methoxy groups -OCH3 is 1. The van der Waals surface area contributed by atoms with Crippen molar-refractivity contribution in [3.63, 3.8) is 0 Å². The summed E-state index contributed by atoms with van der Waals surface area (Å²) in [5.74, 6) is 0.216. The second-order valence-electron chi connectivity index (χ2n) is 4.64. The van der Waals surface area contributed by atoms with E-state index in [1.807, 2.05) is 0 Å². The number of esters is 1. The van der Waals surface area contributed by atoms with Crippen LogP contribution in [0.3, 0.4) is 0 Å². The van der Waals surface area contributed by atoms with E-state index in [0.717, 1.165) is 0 Å². The highest BCUT2D eigenvalue weighted by Crippen LogP contribution is 2.29. The van der Waals surface area contributed by atoms with Crippen molar-refractivity contribution in [2.45, 2.75) is 0 Å². The monoisotopic (exact) mass is 359 g/mol. The molecule has 0 aromatic heterocycles. The molecule has 0 amide bonds. The fourth-order valence-corrected chi connectivity index (χ4v) is 1.83. The molecule has 1 aromatic carbocycles. The van der Waals surface area contributed by atoms with E-state index in [2.05, 4.69) is 17.9 Å². The van der Waals surface area contributed by atoms with Gasteiger partial charge in [0.1, 0.15) is 38.1 Å². The molecule has 0 aliphatic carbocycles. The van der Waals surface area contributed by atoms with Gasteiger partial charge >= 0.3 is 5.97 Å². The molecule has 7 heteroatoms. The molecule has 138 valence electrons. The summed E-state index contributed by atoms with van der Waals surface area (Å²) < 4.78 is 25.9. The van der Waals surface area contributed by atoms with Gasteiger partial charge in [-0.1, -0.05) is 19.2 Å². The van der Waals surface area contributed by atoms with Crippen LogP contribution in [0, 0.1) is 11.3 Å². The zero-order chi connectivity index (χ0) is 19.2. The van der Waals surface area contributed by atoms with Crippen LogP contribution < -0.4 is 9.47 Å². The van der Waals surface area contributed by atoms with E-state index in [0.29, 0.717) is 36.9 Å². The third-order valence-corrected chi connectivity index (χ3v) is 2.96. The largest absolute Gasteiger partial charge is 0.498 e. The van der Waals surface area contributed by atoms with Crippen molar-refractivity contribution in [1.82, 2.24) is 0 Å². The van der Waals surface area contributed by atoms with Crippen LogP contribution in [0.25, 0.3) is 6.08 Å². The van der Waals surface area contributed by atoms with Crippen LogP contribution in [-0.4, -0.2) is 39.5 Å². The predicted octanol–water partition coefficient (Wildman–Crippen LogP) is 2.84. The lowest BCUT2D eigenvalue weighted by Gasteiger charge is -2.13. The van der Waals surface area contributed by atoms with Crippen LogP contribution in [0.2, 0.25) is 0 Å². The fourth-order valence-electron chi connectivity index (χ4n) is 1.83. The molecule has 26 heavy (non-hydrogen) atoms. The average molecular weight is 359 g/mol. The average Bonchev–Trinajstić information content (AvgIpc) is 2.67. The molecule has 0 saturated heterocycles. The SMILES string of the molecule is C=COCCOc1ccc(/C=C(/C#N)C(=O)OC)cc1OCCOC=C. The Hall–Kier alpha value is -3.40. The van der Waals surface area contributed by atoms with Gasteiger partial charge in [0.15, 0.2) is 11.5 Å². The molecule has 0 aliphatic heterocycles. The van der Waals surface area contributed by atoms with Crippen molar-refractivity contribution in [3.05, 3.63) is 55.0 Å². The Bertz CT molecular complexity index is 690. The van der Waals surface area contributed by atoms with Crippen molar-refractivity contribution in [2.75, 3.05) is 33.5 Å². The number of nitriles is 1. The van der Waals surface area contributed by atoms with Crippen LogP contribution in [0.1, 0.15) is 5.56 Å². The van der Waals surface area contributed by atoms with Crippen molar-refractivity contribution in [2.24, 2.45) is 0 Å². The first-order valence-electron chi connectivity index (χ1n) is 7.71. The maximum Gasteiger partial charge on any atom is 0.348 e. The number of carbonyl (C=O) groups is 1. The zero-order valence-electron chi connectivity index (χ0n) is 14.6. The van der Waals surface area contributed by atoms with Gasteiger partial charge in [0.05, 0.1) is 19.6 Å². The summed E-state index contributed by atoms with van der Waals surface area (Å²) in [4.78, 5) is 11.5. The highest BCUT2D eigenvalue weighted by Gasteiger charge is 2.11. The molecule has 0 aliphatic rings. The summed E-state index contributed by atoms with van der Waals surface area (Å²) in [5, 5.41) is 9.06. The Morgan fingerprint density at radius 3 is 2.23 bits per heavy atom. The minimum Gasteiger partial charge on any atom is -0.498 e. The predicted molar refractivity (Wildman–Crippen MR) is 95.3 cm³/mol. The molecular formula is C19H21NO6. The van der Waals surface area contributed by atoms with Gasteiger partial charge in [-0.3, -0.25) is 0 Å². The standard InChI is InChI=1S/C19H21NO6/c1-4-23-8-10-25-17-7-6-15(12-16(14-20)19(21)22-3)13-18(17)26-11-9-24-5-2/h4-7,12-13H,1-2,8-11H2,3H3/b16-12-. The molecule has 0 N–H and O–H groups in total. The molecule has 0 saturated carbocycles. The Balaban J connectivity index is 2.98. The number of nitrogens with zero attached hydrogens (tertiary/aromatic N) is 1. The van der Waals surface area contributed by atoms with Gasteiger partial charge in [-0.2, -0.15) is 5.26 Å². The summed E-state index contributed by atoms with van der Waals surface area (Å²) in [6, 6.07) is 6.82.